The second-order valence-electron chi connectivity index (χ2n) is 1.82. The Bertz CT molecular complexity index is 164. The summed E-state index contributed by atoms with van der Waals surface area (Å²) in [4.78, 5) is 3.81. The lowest BCUT2D eigenvalue weighted by Crippen LogP contribution is -2.02. The average Bonchev–Trinajstić information content (AvgIpc) is 2.41. The van der Waals surface area contributed by atoms with Crippen LogP contribution in [-0.4, -0.2) is 23.0 Å². The summed E-state index contributed by atoms with van der Waals surface area (Å²) in [7, 11) is 0. The Morgan fingerprint density at radius 1 is 1.60 bits per heavy atom. The fourth-order valence-electron chi connectivity index (χ4n) is 0.644. The molecule has 56 valence electrons. The van der Waals surface area contributed by atoms with E-state index >= 15 is 0 Å². The van der Waals surface area contributed by atoms with Crippen LogP contribution < -0.4 is 0 Å². The van der Waals surface area contributed by atoms with Gasteiger partial charge in [-0.25, -0.2) is 9.37 Å². The molecule has 0 aliphatic heterocycles. The highest BCUT2D eigenvalue weighted by atomic mass is 19.1. The van der Waals surface area contributed by atoms with E-state index in [1.807, 2.05) is 10.8 Å². The number of hydrogen-bond acceptors (Lipinski definition) is 2. The van der Waals surface area contributed by atoms with Crippen molar-refractivity contribution in [1.29, 1.82) is 0 Å². The van der Waals surface area contributed by atoms with Gasteiger partial charge in [-0.1, -0.05) is 0 Å². The molecular weight excluding hydrogens is 135 g/mol. The summed E-state index contributed by atoms with van der Waals surface area (Å²) in [5, 5.41) is 0. The molecule has 0 saturated heterocycles. The molecule has 0 bridgehead atoms. The van der Waals surface area contributed by atoms with Crippen molar-refractivity contribution < 1.29 is 9.13 Å². The Morgan fingerprint density at radius 3 is 3.10 bits per heavy atom. The molecule has 0 atom stereocenters. The zero-order chi connectivity index (χ0) is 7.23. The van der Waals surface area contributed by atoms with Gasteiger partial charge in [-0.15, -0.1) is 0 Å². The molecule has 0 N–H and O–H groups in total. The van der Waals surface area contributed by atoms with Crippen LogP contribution in [0.2, 0.25) is 0 Å². The topological polar surface area (TPSA) is 27.1 Å². The Labute approximate surface area is 58.4 Å². The van der Waals surface area contributed by atoms with Crippen LogP contribution in [0.15, 0.2) is 18.7 Å². The zero-order valence-electron chi connectivity index (χ0n) is 5.53. The fourth-order valence-corrected chi connectivity index (χ4v) is 0.644. The van der Waals surface area contributed by atoms with Gasteiger partial charge in [0.15, 0.2) is 6.86 Å². The Kier molecular flexibility index (Phi) is 2.89. The third kappa shape index (κ3) is 2.14. The smallest absolute Gasteiger partial charge is 0.188 e. The zero-order valence-corrected chi connectivity index (χ0v) is 5.53. The van der Waals surface area contributed by atoms with Gasteiger partial charge in [0, 0.05) is 18.9 Å². The van der Waals surface area contributed by atoms with Crippen LogP contribution in [0.25, 0.3) is 0 Å². The van der Waals surface area contributed by atoms with E-state index in [1.165, 1.54) is 0 Å². The Balaban J connectivity index is 2.15. The van der Waals surface area contributed by atoms with Crippen LogP contribution in [0.1, 0.15) is 0 Å². The minimum Gasteiger partial charge on any atom is -0.349 e. The normalized spacial score (nSPS) is 10.1. The van der Waals surface area contributed by atoms with Gasteiger partial charge < -0.3 is 9.30 Å². The molecule has 4 heteroatoms. The standard InChI is InChI=1S/C6H9FN2O/c7-5-10-4-3-9-2-1-8-6-9/h1-2,6H,3-5H2. The van der Waals surface area contributed by atoms with E-state index < -0.39 is 6.86 Å². The molecule has 1 heterocycles. The predicted octanol–water partition coefficient (Wildman–Crippen LogP) is 0.827. The van der Waals surface area contributed by atoms with Crippen LogP contribution in [0.5, 0.6) is 0 Å². The first kappa shape index (κ1) is 7.21. The maximum absolute atomic E-state index is 11.4. The van der Waals surface area contributed by atoms with Crippen molar-refractivity contribution in [2.24, 2.45) is 0 Å². The third-order valence-electron chi connectivity index (χ3n) is 1.13. The highest BCUT2D eigenvalue weighted by molar-refractivity contribution is 4.73. The Hall–Kier alpha value is -0.900. The van der Waals surface area contributed by atoms with Crippen molar-refractivity contribution in [2.45, 2.75) is 6.54 Å². The van der Waals surface area contributed by atoms with Crippen LogP contribution in [0.4, 0.5) is 4.39 Å². The van der Waals surface area contributed by atoms with Crippen LogP contribution >= 0.6 is 0 Å². The first-order chi connectivity index (χ1) is 4.93. The molecule has 0 radical (unpaired) electrons. The predicted molar refractivity (Wildman–Crippen MR) is 34.2 cm³/mol. The highest BCUT2D eigenvalue weighted by Crippen LogP contribution is 1.85. The number of nitrogens with zero attached hydrogens (tertiary/aromatic N) is 2. The number of aromatic nitrogens is 2. The lowest BCUT2D eigenvalue weighted by atomic mass is 10.7. The molecule has 0 fully saturated rings. The molecule has 0 spiro atoms. The molecule has 0 aromatic carbocycles. The lowest BCUT2D eigenvalue weighted by Gasteiger charge is -1.99. The first-order valence-electron chi connectivity index (χ1n) is 3.03. The molecule has 0 aliphatic rings. The summed E-state index contributed by atoms with van der Waals surface area (Å²) >= 11 is 0. The van der Waals surface area contributed by atoms with E-state index in [0.717, 1.165) is 0 Å². The summed E-state index contributed by atoms with van der Waals surface area (Å²) in [6.07, 6.45) is 5.15. The quantitative estimate of drug-likeness (QED) is 0.585. The van der Waals surface area contributed by atoms with Gasteiger partial charge in [-0.2, -0.15) is 0 Å². The van der Waals surface area contributed by atoms with E-state index in [4.69, 9.17) is 0 Å². The molecule has 1 aromatic heterocycles. The second kappa shape index (κ2) is 4.00. The number of alkyl halides is 1. The molecular formula is C6H9FN2O. The minimum atomic E-state index is -0.714. The molecule has 0 unspecified atom stereocenters. The van der Waals surface area contributed by atoms with Gasteiger partial charge in [0.2, 0.25) is 0 Å². The van der Waals surface area contributed by atoms with Crippen LogP contribution in [0, 0.1) is 0 Å². The van der Waals surface area contributed by atoms with Gasteiger partial charge in [0.05, 0.1) is 12.9 Å². The van der Waals surface area contributed by atoms with E-state index in [9.17, 15) is 4.39 Å². The number of halogens is 1. The van der Waals surface area contributed by atoms with Gasteiger partial charge in [-0.05, 0) is 0 Å². The molecule has 3 nitrogen and oxygen atoms in total. The largest absolute Gasteiger partial charge is 0.349 e. The Morgan fingerprint density at radius 2 is 2.50 bits per heavy atom. The third-order valence-corrected chi connectivity index (χ3v) is 1.13. The van der Waals surface area contributed by atoms with E-state index in [1.54, 1.807) is 12.5 Å². The van der Waals surface area contributed by atoms with Crippen molar-refractivity contribution in [2.75, 3.05) is 13.5 Å². The van der Waals surface area contributed by atoms with Crippen molar-refractivity contribution in [1.82, 2.24) is 9.55 Å². The molecule has 10 heavy (non-hydrogen) atoms. The monoisotopic (exact) mass is 144 g/mol. The van der Waals surface area contributed by atoms with Crippen molar-refractivity contribution in [3.8, 4) is 0 Å². The lowest BCUT2D eigenvalue weighted by molar-refractivity contribution is 0.0530. The van der Waals surface area contributed by atoms with Crippen molar-refractivity contribution in [3.05, 3.63) is 18.7 Å². The maximum atomic E-state index is 11.4. The molecule has 0 saturated carbocycles. The first-order valence-corrected chi connectivity index (χ1v) is 3.03. The number of imidazole rings is 1. The number of ether oxygens (including phenoxy) is 1. The van der Waals surface area contributed by atoms with Gasteiger partial charge in [0.25, 0.3) is 0 Å². The molecule has 1 rings (SSSR count). The van der Waals surface area contributed by atoms with E-state index in [0.29, 0.717) is 13.2 Å². The second-order valence-corrected chi connectivity index (χ2v) is 1.82. The van der Waals surface area contributed by atoms with E-state index in [2.05, 4.69) is 9.72 Å². The summed E-state index contributed by atoms with van der Waals surface area (Å²) < 4.78 is 17.7. The molecule has 0 aliphatic carbocycles. The molecule has 1 aromatic rings. The SMILES string of the molecule is FCOCCn1ccnc1. The van der Waals surface area contributed by atoms with Gasteiger partial charge >= 0.3 is 0 Å². The maximum Gasteiger partial charge on any atom is 0.188 e. The van der Waals surface area contributed by atoms with Gasteiger partial charge in [-0.3, -0.25) is 0 Å². The molecule has 0 amide bonds. The van der Waals surface area contributed by atoms with E-state index in [-0.39, 0.29) is 0 Å². The number of rotatable bonds is 4. The van der Waals surface area contributed by atoms with Crippen molar-refractivity contribution >= 4 is 0 Å². The van der Waals surface area contributed by atoms with Crippen LogP contribution in [0.3, 0.4) is 0 Å². The fraction of sp³-hybridized carbons (Fsp3) is 0.500. The minimum absolute atomic E-state index is 0.396. The summed E-state index contributed by atoms with van der Waals surface area (Å²) in [6.45, 7) is 0.339. The summed E-state index contributed by atoms with van der Waals surface area (Å²) in [6, 6.07) is 0. The van der Waals surface area contributed by atoms with Crippen LogP contribution in [-0.2, 0) is 11.3 Å². The summed E-state index contributed by atoms with van der Waals surface area (Å²) in [5.74, 6) is 0. The summed E-state index contributed by atoms with van der Waals surface area (Å²) in [5.41, 5.74) is 0. The van der Waals surface area contributed by atoms with Crippen molar-refractivity contribution in [3.63, 3.8) is 0 Å². The van der Waals surface area contributed by atoms with Gasteiger partial charge in [0.1, 0.15) is 0 Å². The average molecular weight is 144 g/mol. The highest BCUT2D eigenvalue weighted by Gasteiger charge is 1.87. The number of hydrogen-bond donors (Lipinski definition) is 0.